The van der Waals surface area contributed by atoms with Gasteiger partial charge in [-0.3, -0.25) is 0 Å². The molecular formula is C9H4Br3ClOS2. The first-order chi connectivity index (χ1) is 7.49. The highest BCUT2D eigenvalue weighted by Crippen LogP contribution is 2.42. The Hall–Kier alpha value is 1.09. The number of rotatable bonds is 2. The Balaban J connectivity index is 2.38. The smallest absolute Gasteiger partial charge is 0.115 e. The van der Waals surface area contributed by atoms with Crippen LogP contribution in [0.4, 0.5) is 0 Å². The molecule has 0 spiro atoms. The number of hydrogen-bond donors (Lipinski definition) is 1. The molecule has 2 rings (SSSR count). The van der Waals surface area contributed by atoms with Crippen molar-refractivity contribution in [2.45, 2.75) is 6.10 Å². The van der Waals surface area contributed by atoms with Crippen molar-refractivity contribution in [2.75, 3.05) is 0 Å². The fraction of sp³-hybridized carbons (Fsp3) is 0.111. The van der Waals surface area contributed by atoms with Crippen LogP contribution in [0.5, 0.6) is 0 Å². The molecule has 1 unspecified atom stereocenters. The molecule has 7 heteroatoms. The maximum atomic E-state index is 10.2. The summed E-state index contributed by atoms with van der Waals surface area (Å²) in [7, 11) is 0. The monoisotopic (exact) mass is 464 g/mol. The molecule has 16 heavy (non-hydrogen) atoms. The maximum absolute atomic E-state index is 10.2. The molecule has 0 saturated heterocycles. The summed E-state index contributed by atoms with van der Waals surface area (Å²) < 4.78 is 2.75. The zero-order valence-corrected chi connectivity index (χ0v) is 14.7. The third-order valence-electron chi connectivity index (χ3n) is 1.91. The molecule has 0 aliphatic rings. The van der Waals surface area contributed by atoms with Crippen LogP contribution in [0.25, 0.3) is 0 Å². The Morgan fingerprint density at radius 3 is 2.25 bits per heavy atom. The largest absolute Gasteiger partial charge is 0.383 e. The number of hydrogen-bond acceptors (Lipinski definition) is 3. The molecule has 0 radical (unpaired) electrons. The zero-order valence-electron chi connectivity index (χ0n) is 7.51. The van der Waals surface area contributed by atoms with Gasteiger partial charge in [0.2, 0.25) is 0 Å². The van der Waals surface area contributed by atoms with Crippen LogP contribution >= 0.6 is 82.1 Å². The van der Waals surface area contributed by atoms with Crippen molar-refractivity contribution in [3.05, 3.63) is 39.0 Å². The molecule has 1 atom stereocenters. The average Bonchev–Trinajstić information content (AvgIpc) is 2.70. The molecule has 2 aromatic heterocycles. The van der Waals surface area contributed by atoms with Gasteiger partial charge in [-0.1, -0.05) is 11.6 Å². The van der Waals surface area contributed by atoms with Crippen LogP contribution in [-0.4, -0.2) is 5.11 Å². The summed E-state index contributed by atoms with van der Waals surface area (Å²) in [4.78, 5) is 0.822. The first kappa shape index (κ1) is 13.5. The van der Waals surface area contributed by atoms with Gasteiger partial charge in [-0.25, -0.2) is 0 Å². The Labute approximate surface area is 131 Å². The fourth-order valence-corrected chi connectivity index (χ4v) is 5.83. The molecule has 1 nitrogen and oxygen atoms in total. The van der Waals surface area contributed by atoms with Gasteiger partial charge in [0, 0.05) is 10.4 Å². The van der Waals surface area contributed by atoms with Crippen molar-refractivity contribution < 1.29 is 5.11 Å². The van der Waals surface area contributed by atoms with E-state index in [1.165, 1.54) is 22.7 Å². The highest BCUT2D eigenvalue weighted by atomic mass is 79.9. The topological polar surface area (TPSA) is 20.2 Å². The lowest BCUT2D eigenvalue weighted by atomic mass is 10.2. The molecule has 2 aromatic rings. The van der Waals surface area contributed by atoms with Crippen molar-refractivity contribution >= 4 is 82.1 Å². The van der Waals surface area contributed by atoms with Crippen molar-refractivity contribution in [1.29, 1.82) is 0 Å². The van der Waals surface area contributed by atoms with Crippen molar-refractivity contribution in [1.82, 2.24) is 0 Å². The lowest BCUT2D eigenvalue weighted by Crippen LogP contribution is -1.95. The van der Waals surface area contributed by atoms with Crippen molar-refractivity contribution in [3.8, 4) is 0 Å². The number of thiophene rings is 2. The quantitative estimate of drug-likeness (QED) is 0.589. The van der Waals surface area contributed by atoms with E-state index in [0.717, 1.165) is 21.8 Å². The molecule has 0 saturated carbocycles. The van der Waals surface area contributed by atoms with Crippen molar-refractivity contribution in [3.63, 3.8) is 0 Å². The van der Waals surface area contributed by atoms with Crippen LogP contribution in [-0.2, 0) is 0 Å². The Bertz CT molecular complexity index is 503. The van der Waals surface area contributed by atoms with E-state index in [0.29, 0.717) is 5.02 Å². The first-order valence-corrected chi connectivity index (χ1v) is 8.45. The number of halogens is 4. The second-order valence-corrected chi connectivity index (χ2v) is 9.51. The standard InChI is InChI=1S/C9H4Br3ClOS2/c10-6-1-3(8(11)16-6)7(14)5-2-4(13)9(12)15-5/h1-2,7,14H. The average molecular weight is 467 g/mol. The van der Waals surface area contributed by atoms with Gasteiger partial charge in [-0.05, 0) is 59.9 Å². The minimum atomic E-state index is -0.647. The fourth-order valence-electron chi connectivity index (χ4n) is 1.19. The highest BCUT2D eigenvalue weighted by molar-refractivity contribution is 9.12. The number of aliphatic hydroxyl groups excluding tert-OH is 1. The van der Waals surface area contributed by atoms with Gasteiger partial charge >= 0.3 is 0 Å². The molecule has 0 aliphatic carbocycles. The minimum absolute atomic E-state index is 0.629. The summed E-state index contributed by atoms with van der Waals surface area (Å²) in [5.74, 6) is 0. The van der Waals surface area contributed by atoms with Gasteiger partial charge < -0.3 is 5.11 Å². The van der Waals surface area contributed by atoms with Gasteiger partial charge in [-0.2, -0.15) is 0 Å². The van der Waals surface area contributed by atoms with Crippen LogP contribution in [0.15, 0.2) is 23.5 Å². The highest BCUT2D eigenvalue weighted by Gasteiger charge is 2.19. The Morgan fingerprint density at radius 1 is 1.12 bits per heavy atom. The van der Waals surface area contributed by atoms with Gasteiger partial charge in [0.1, 0.15) is 6.10 Å². The van der Waals surface area contributed by atoms with E-state index < -0.39 is 6.10 Å². The molecule has 0 aliphatic heterocycles. The molecule has 86 valence electrons. The van der Waals surface area contributed by atoms with E-state index in [2.05, 4.69) is 47.8 Å². The minimum Gasteiger partial charge on any atom is -0.383 e. The van der Waals surface area contributed by atoms with E-state index in [1.54, 1.807) is 6.07 Å². The molecule has 1 N–H and O–H groups in total. The van der Waals surface area contributed by atoms with Crippen molar-refractivity contribution in [2.24, 2.45) is 0 Å². The summed E-state index contributed by atoms with van der Waals surface area (Å²) in [6.45, 7) is 0. The van der Waals surface area contributed by atoms with Gasteiger partial charge in [0.05, 0.1) is 16.4 Å². The van der Waals surface area contributed by atoms with Gasteiger partial charge in [-0.15, -0.1) is 22.7 Å². The van der Waals surface area contributed by atoms with E-state index in [9.17, 15) is 5.11 Å². The molecule has 0 bridgehead atoms. The van der Waals surface area contributed by atoms with Crippen LogP contribution in [0, 0.1) is 0 Å². The van der Waals surface area contributed by atoms with E-state index in [4.69, 9.17) is 11.6 Å². The summed E-state index contributed by atoms with van der Waals surface area (Å²) in [6.07, 6.45) is -0.647. The van der Waals surface area contributed by atoms with Crippen LogP contribution < -0.4 is 0 Å². The van der Waals surface area contributed by atoms with Crippen LogP contribution in [0.3, 0.4) is 0 Å². The van der Waals surface area contributed by atoms with E-state index >= 15 is 0 Å². The third-order valence-corrected chi connectivity index (χ3v) is 6.82. The van der Waals surface area contributed by atoms with Crippen LogP contribution in [0.1, 0.15) is 16.5 Å². The number of aliphatic hydroxyl groups is 1. The molecule has 0 aromatic carbocycles. The summed E-state index contributed by atoms with van der Waals surface area (Å²) in [5, 5.41) is 10.8. The molecule has 0 fully saturated rings. The second-order valence-electron chi connectivity index (χ2n) is 2.95. The summed E-state index contributed by atoms with van der Waals surface area (Å²) in [5.41, 5.74) is 0.849. The zero-order chi connectivity index (χ0) is 11.9. The van der Waals surface area contributed by atoms with Gasteiger partial charge in [0.25, 0.3) is 0 Å². The first-order valence-electron chi connectivity index (χ1n) is 4.06. The van der Waals surface area contributed by atoms with Gasteiger partial charge in [0.15, 0.2) is 0 Å². The second kappa shape index (κ2) is 5.38. The summed E-state index contributed by atoms with van der Waals surface area (Å²) in [6, 6.07) is 3.68. The third kappa shape index (κ3) is 2.74. The lowest BCUT2D eigenvalue weighted by molar-refractivity contribution is 0.224. The molecular weight excluding hydrogens is 463 g/mol. The SMILES string of the molecule is OC(c1cc(Cl)c(Br)s1)c1cc(Br)sc1Br. The Morgan fingerprint density at radius 2 is 1.81 bits per heavy atom. The van der Waals surface area contributed by atoms with Crippen LogP contribution in [0.2, 0.25) is 5.02 Å². The maximum Gasteiger partial charge on any atom is 0.115 e. The Kier molecular flexibility index (Phi) is 4.55. The summed E-state index contributed by atoms with van der Waals surface area (Å²) >= 11 is 19.1. The predicted octanol–water partition coefficient (Wildman–Crippen LogP) is 5.83. The van der Waals surface area contributed by atoms with E-state index in [1.807, 2.05) is 6.07 Å². The lowest BCUT2D eigenvalue weighted by Gasteiger charge is -2.06. The normalized spacial score (nSPS) is 13.1. The molecule has 2 heterocycles. The molecule has 0 amide bonds. The predicted molar refractivity (Wildman–Crippen MR) is 80.8 cm³/mol. The van der Waals surface area contributed by atoms with E-state index in [-0.39, 0.29) is 0 Å².